The molecule has 0 saturated heterocycles. The van der Waals surface area contributed by atoms with Crippen molar-refractivity contribution in [3.8, 4) is 11.8 Å². The summed E-state index contributed by atoms with van der Waals surface area (Å²) in [4.78, 5) is 4.02. The lowest BCUT2D eigenvalue weighted by Gasteiger charge is -2.07. The molecule has 2 aromatic rings. The van der Waals surface area contributed by atoms with E-state index in [1.807, 2.05) is 11.5 Å². The van der Waals surface area contributed by atoms with Gasteiger partial charge < -0.3 is 15.0 Å². The number of halogens is 1. The maximum Gasteiger partial charge on any atom is 0.301 e. The van der Waals surface area contributed by atoms with Gasteiger partial charge in [-0.15, -0.1) is 0 Å². The van der Waals surface area contributed by atoms with Gasteiger partial charge in [0.2, 0.25) is 0 Å². The molecule has 0 amide bonds. The molecule has 84 valence electrons. The summed E-state index contributed by atoms with van der Waals surface area (Å²) in [6, 6.07) is 4.74. The predicted octanol–water partition coefficient (Wildman–Crippen LogP) is 2.42. The van der Waals surface area contributed by atoms with Crippen LogP contribution in [0, 0.1) is 5.82 Å². The highest BCUT2D eigenvalue weighted by Gasteiger charge is 2.06. The first-order valence-corrected chi connectivity index (χ1v) is 4.94. The molecule has 0 bridgehead atoms. The Morgan fingerprint density at radius 2 is 2.31 bits per heavy atom. The average Bonchev–Trinajstić information content (AvgIpc) is 2.71. The van der Waals surface area contributed by atoms with Crippen LogP contribution in [0.5, 0.6) is 11.8 Å². The van der Waals surface area contributed by atoms with Gasteiger partial charge in [-0.2, -0.15) is 0 Å². The monoisotopic (exact) mass is 221 g/mol. The third kappa shape index (κ3) is 1.98. The van der Waals surface area contributed by atoms with Crippen LogP contribution in [0.4, 0.5) is 10.1 Å². The number of ether oxygens (including phenoxy) is 1. The number of hydrogen-bond acceptors (Lipinski definition) is 3. The van der Waals surface area contributed by atoms with Crippen LogP contribution in [-0.4, -0.2) is 9.55 Å². The second-order valence-corrected chi connectivity index (χ2v) is 3.28. The van der Waals surface area contributed by atoms with Gasteiger partial charge in [0.15, 0.2) is 0 Å². The van der Waals surface area contributed by atoms with E-state index in [0.29, 0.717) is 11.8 Å². The minimum atomic E-state index is -0.493. The Balaban J connectivity index is 2.24. The molecule has 0 unspecified atom stereocenters. The van der Waals surface area contributed by atoms with Crippen LogP contribution in [0.25, 0.3) is 0 Å². The predicted molar refractivity (Wildman–Crippen MR) is 58.8 cm³/mol. The van der Waals surface area contributed by atoms with Gasteiger partial charge in [0.05, 0.1) is 5.69 Å². The van der Waals surface area contributed by atoms with Crippen LogP contribution < -0.4 is 10.5 Å². The molecule has 2 N–H and O–H groups in total. The highest BCUT2D eigenvalue weighted by molar-refractivity contribution is 5.44. The molecule has 0 aliphatic heterocycles. The van der Waals surface area contributed by atoms with Gasteiger partial charge >= 0.3 is 6.01 Å². The van der Waals surface area contributed by atoms with Crippen molar-refractivity contribution in [3.63, 3.8) is 0 Å². The molecule has 0 aliphatic carbocycles. The zero-order valence-corrected chi connectivity index (χ0v) is 8.85. The van der Waals surface area contributed by atoms with E-state index in [1.165, 1.54) is 12.1 Å². The van der Waals surface area contributed by atoms with Gasteiger partial charge in [0, 0.05) is 25.0 Å². The zero-order valence-electron chi connectivity index (χ0n) is 8.85. The molecule has 5 heteroatoms. The van der Waals surface area contributed by atoms with Crippen molar-refractivity contribution in [3.05, 3.63) is 36.4 Å². The number of anilines is 1. The van der Waals surface area contributed by atoms with Crippen LogP contribution in [0.15, 0.2) is 30.6 Å². The third-order valence-corrected chi connectivity index (χ3v) is 2.20. The number of benzene rings is 1. The van der Waals surface area contributed by atoms with E-state index in [1.54, 1.807) is 18.5 Å². The molecule has 0 atom stereocenters. The summed E-state index contributed by atoms with van der Waals surface area (Å²) < 4.78 is 20.4. The summed E-state index contributed by atoms with van der Waals surface area (Å²) >= 11 is 0. The molecule has 0 aliphatic rings. The zero-order chi connectivity index (χ0) is 11.5. The first-order chi connectivity index (χ1) is 7.70. The molecule has 0 fully saturated rings. The Kier molecular flexibility index (Phi) is 2.76. The highest BCUT2D eigenvalue weighted by atomic mass is 19.1. The van der Waals surface area contributed by atoms with Crippen molar-refractivity contribution in [2.45, 2.75) is 13.5 Å². The number of nitrogen functional groups attached to an aromatic ring is 1. The first kappa shape index (κ1) is 10.5. The largest absolute Gasteiger partial charge is 0.425 e. The van der Waals surface area contributed by atoms with Crippen LogP contribution in [0.3, 0.4) is 0 Å². The SMILES string of the molecule is CCn1ccnc1Oc1ccc(N)c(F)c1. The van der Waals surface area contributed by atoms with Crippen LogP contribution in [-0.2, 0) is 6.54 Å². The molecule has 2 rings (SSSR count). The van der Waals surface area contributed by atoms with Gasteiger partial charge in [-0.1, -0.05) is 0 Å². The third-order valence-electron chi connectivity index (χ3n) is 2.20. The fourth-order valence-corrected chi connectivity index (χ4v) is 1.32. The molecular formula is C11H12FN3O. The van der Waals surface area contributed by atoms with Crippen LogP contribution in [0.1, 0.15) is 6.92 Å². The first-order valence-electron chi connectivity index (χ1n) is 4.94. The standard InChI is InChI=1S/C11H12FN3O/c1-2-15-6-5-14-11(15)16-8-3-4-10(13)9(12)7-8/h3-7H,2,13H2,1H3. The lowest BCUT2D eigenvalue weighted by atomic mass is 10.3. The van der Waals surface area contributed by atoms with Gasteiger partial charge in [0.1, 0.15) is 11.6 Å². The number of imidazole rings is 1. The number of hydrogen-bond donors (Lipinski definition) is 1. The van der Waals surface area contributed by atoms with Crippen molar-refractivity contribution < 1.29 is 9.13 Å². The summed E-state index contributed by atoms with van der Waals surface area (Å²) in [7, 11) is 0. The van der Waals surface area contributed by atoms with E-state index in [4.69, 9.17) is 10.5 Å². The van der Waals surface area contributed by atoms with Crippen molar-refractivity contribution in [2.24, 2.45) is 0 Å². The van der Waals surface area contributed by atoms with Gasteiger partial charge in [-0.3, -0.25) is 0 Å². The Hall–Kier alpha value is -2.04. The number of nitrogens with zero attached hydrogens (tertiary/aromatic N) is 2. The Morgan fingerprint density at radius 1 is 1.50 bits per heavy atom. The van der Waals surface area contributed by atoms with E-state index in [-0.39, 0.29) is 5.69 Å². The van der Waals surface area contributed by atoms with E-state index in [2.05, 4.69) is 4.98 Å². The molecule has 0 spiro atoms. The molecule has 1 heterocycles. The molecular weight excluding hydrogens is 209 g/mol. The van der Waals surface area contributed by atoms with E-state index >= 15 is 0 Å². The number of aromatic nitrogens is 2. The van der Waals surface area contributed by atoms with Crippen molar-refractivity contribution in [1.29, 1.82) is 0 Å². The molecule has 1 aromatic heterocycles. The Morgan fingerprint density at radius 3 is 3.00 bits per heavy atom. The maximum atomic E-state index is 13.2. The second kappa shape index (κ2) is 4.22. The van der Waals surface area contributed by atoms with Gasteiger partial charge in [-0.25, -0.2) is 9.37 Å². The topological polar surface area (TPSA) is 53.1 Å². The average molecular weight is 221 g/mol. The smallest absolute Gasteiger partial charge is 0.301 e. The van der Waals surface area contributed by atoms with E-state index in [0.717, 1.165) is 6.54 Å². The Bertz CT molecular complexity index is 496. The maximum absolute atomic E-state index is 13.2. The second-order valence-electron chi connectivity index (χ2n) is 3.28. The highest BCUT2D eigenvalue weighted by Crippen LogP contribution is 2.23. The minimum absolute atomic E-state index is 0.103. The van der Waals surface area contributed by atoms with E-state index in [9.17, 15) is 4.39 Å². The lowest BCUT2D eigenvalue weighted by molar-refractivity contribution is 0.412. The normalized spacial score (nSPS) is 10.4. The van der Waals surface area contributed by atoms with Gasteiger partial charge in [0.25, 0.3) is 0 Å². The molecule has 1 aromatic carbocycles. The van der Waals surface area contributed by atoms with Crippen LogP contribution >= 0.6 is 0 Å². The number of aryl methyl sites for hydroxylation is 1. The fourth-order valence-electron chi connectivity index (χ4n) is 1.32. The van der Waals surface area contributed by atoms with Crippen LogP contribution in [0.2, 0.25) is 0 Å². The summed E-state index contributed by atoms with van der Waals surface area (Å²) in [5.41, 5.74) is 5.47. The molecule has 0 radical (unpaired) electrons. The summed E-state index contributed by atoms with van der Waals surface area (Å²) in [6.45, 7) is 2.71. The molecule has 16 heavy (non-hydrogen) atoms. The quantitative estimate of drug-likeness (QED) is 0.810. The molecule has 0 saturated carbocycles. The summed E-state index contributed by atoms with van der Waals surface area (Å²) in [5, 5.41) is 0. The lowest BCUT2D eigenvalue weighted by Crippen LogP contribution is -1.98. The van der Waals surface area contributed by atoms with Crippen molar-refractivity contribution >= 4 is 5.69 Å². The summed E-state index contributed by atoms with van der Waals surface area (Å²) in [6.07, 6.45) is 3.43. The minimum Gasteiger partial charge on any atom is -0.425 e. The van der Waals surface area contributed by atoms with E-state index < -0.39 is 5.82 Å². The Labute approximate surface area is 92.5 Å². The summed E-state index contributed by atoms with van der Waals surface area (Å²) in [5.74, 6) is -0.111. The number of rotatable bonds is 3. The fraction of sp³-hybridized carbons (Fsp3) is 0.182. The molecule has 4 nitrogen and oxygen atoms in total. The van der Waals surface area contributed by atoms with Gasteiger partial charge in [-0.05, 0) is 19.1 Å². The van der Waals surface area contributed by atoms with Crippen molar-refractivity contribution in [2.75, 3.05) is 5.73 Å². The number of nitrogens with two attached hydrogens (primary N) is 1. The van der Waals surface area contributed by atoms with Crippen molar-refractivity contribution in [1.82, 2.24) is 9.55 Å².